The summed E-state index contributed by atoms with van der Waals surface area (Å²) in [6.45, 7) is 11.6. The molecule has 0 radical (unpaired) electrons. The summed E-state index contributed by atoms with van der Waals surface area (Å²) in [5.41, 5.74) is 11.5. The minimum Gasteiger partial charge on any atom is -1.00 e. The Hall–Kier alpha value is -1.39. The molecule has 0 atom stereocenters. The number of amidine groups is 1. The second kappa shape index (κ2) is 8.63. The van der Waals surface area contributed by atoms with Gasteiger partial charge < -0.3 is 22.6 Å². The molecule has 0 aliphatic rings. The van der Waals surface area contributed by atoms with Crippen molar-refractivity contribution in [1.29, 1.82) is 0 Å². The van der Waals surface area contributed by atoms with Crippen molar-refractivity contribution in [3.05, 3.63) is 58.5 Å². The van der Waals surface area contributed by atoms with Crippen LogP contribution >= 0.6 is 11.8 Å². The Morgan fingerprint density at radius 3 is 2.33 bits per heavy atom. The van der Waals surface area contributed by atoms with Gasteiger partial charge >= 0.3 is 0 Å². The number of benzene rings is 1. The maximum atomic E-state index is 6.01. The van der Waals surface area contributed by atoms with Gasteiger partial charge in [-0.25, -0.2) is 0 Å². The van der Waals surface area contributed by atoms with Gasteiger partial charge in [-0.3, -0.25) is 4.99 Å². The summed E-state index contributed by atoms with van der Waals surface area (Å²) in [6, 6.07) is 8.34. The third-order valence-corrected chi connectivity index (χ3v) is 4.76. The van der Waals surface area contributed by atoms with Gasteiger partial charge in [0.15, 0.2) is 5.17 Å². The normalized spacial score (nSPS) is 12.1. The molecule has 2 rings (SSSR count). The fraction of sp³-hybridized carbons (Fsp3) is 0.421. The van der Waals surface area contributed by atoms with E-state index in [4.69, 9.17) is 10.2 Å². The van der Waals surface area contributed by atoms with Crippen molar-refractivity contribution in [3.8, 4) is 0 Å². The van der Waals surface area contributed by atoms with Crippen LogP contribution in [0.25, 0.3) is 0 Å². The second-order valence-corrected chi connectivity index (χ2v) is 7.86. The zero-order chi connectivity index (χ0) is 17.0. The van der Waals surface area contributed by atoms with Crippen LogP contribution in [0.3, 0.4) is 0 Å². The number of thioether (sulfide) groups is 1. The number of aryl methyl sites for hydroxylation is 2. The smallest absolute Gasteiger partial charge is 0.154 e. The number of hydrogen-bond acceptors (Lipinski definition) is 3. The first-order valence-corrected chi connectivity index (χ1v) is 8.81. The second-order valence-electron chi connectivity index (χ2n) is 6.86. The fourth-order valence-electron chi connectivity index (χ4n) is 2.40. The third-order valence-electron chi connectivity index (χ3n) is 3.90. The Kier molecular flexibility index (Phi) is 7.43. The molecule has 2 aromatic rings. The quantitative estimate of drug-likeness (QED) is 0.665. The summed E-state index contributed by atoms with van der Waals surface area (Å²) in [5.74, 6) is 1.67. The Labute approximate surface area is 155 Å². The summed E-state index contributed by atoms with van der Waals surface area (Å²) in [7, 11) is 0. The maximum Gasteiger partial charge on any atom is 0.154 e. The van der Waals surface area contributed by atoms with Crippen LogP contribution in [-0.2, 0) is 17.7 Å². The molecule has 5 heteroatoms. The standard InChI is InChI=1S/C19H26N2OS.ClH/c1-13-9-15(19(3,4)5)10-14(2)17(13)12-23-18(20)21-11-16-7-6-8-22-16;/h6-10H,11-12H2,1-5H3,(H2,20,21);1H/p-1. The molecule has 0 amide bonds. The summed E-state index contributed by atoms with van der Waals surface area (Å²) < 4.78 is 5.26. The molecule has 0 bridgehead atoms. The average molecular weight is 366 g/mol. The molecule has 0 saturated heterocycles. The summed E-state index contributed by atoms with van der Waals surface area (Å²) in [6.07, 6.45) is 1.65. The van der Waals surface area contributed by atoms with Crippen molar-refractivity contribution >= 4 is 16.9 Å². The van der Waals surface area contributed by atoms with Crippen molar-refractivity contribution in [1.82, 2.24) is 0 Å². The van der Waals surface area contributed by atoms with Crippen LogP contribution in [0.1, 0.15) is 48.8 Å². The molecule has 0 saturated carbocycles. The van der Waals surface area contributed by atoms with Gasteiger partial charge in [-0.2, -0.15) is 0 Å². The zero-order valence-corrected chi connectivity index (χ0v) is 16.6. The zero-order valence-electron chi connectivity index (χ0n) is 15.0. The van der Waals surface area contributed by atoms with Crippen molar-refractivity contribution < 1.29 is 16.8 Å². The van der Waals surface area contributed by atoms with Crippen molar-refractivity contribution in [3.63, 3.8) is 0 Å². The van der Waals surface area contributed by atoms with E-state index < -0.39 is 0 Å². The molecule has 24 heavy (non-hydrogen) atoms. The van der Waals surface area contributed by atoms with E-state index >= 15 is 0 Å². The van der Waals surface area contributed by atoms with Crippen LogP contribution in [0.5, 0.6) is 0 Å². The van der Waals surface area contributed by atoms with E-state index in [1.807, 2.05) is 12.1 Å². The first-order valence-electron chi connectivity index (χ1n) is 7.83. The summed E-state index contributed by atoms with van der Waals surface area (Å²) >= 11 is 1.58. The minimum absolute atomic E-state index is 0. The molecule has 1 heterocycles. The Morgan fingerprint density at radius 1 is 1.21 bits per heavy atom. The molecule has 0 unspecified atom stereocenters. The van der Waals surface area contributed by atoms with Gasteiger partial charge in [0.05, 0.1) is 12.8 Å². The van der Waals surface area contributed by atoms with Crippen LogP contribution in [-0.4, -0.2) is 5.17 Å². The van der Waals surface area contributed by atoms with E-state index in [2.05, 4.69) is 51.7 Å². The van der Waals surface area contributed by atoms with Gasteiger partial charge in [0.25, 0.3) is 0 Å². The van der Waals surface area contributed by atoms with Gasteiger partial charge in [0, 0.05) is 5.75 Å². The highest BCUT2D eigenvalue weighted by atomic mass is 35.5. The van der Waals surface area contributed by atoms with Crippen LogP contribution in [0.4, 0.5) is 0 Å². The lowest BCUT2D eigenvalue weighted by Gasteiger charge is -2.22. The Morgan fingerprint density at radius 2 is 1.83 bits per heavy atom. The SMILES string of the molecule is Cc1cc(C(C)(C)C)cc(C)c1CSC(N)=NCc1ccco1.[Cl-]. The van der Waals surface area contributed by atoms with Gasteiger partial charge in [0.2, 0.25) is 0 Å². The number of rotatable bonds is 4. The number of nitrogens with two attached hydrogens (primary N) is 1. The molecule has 3 nitrogen and oxygen atoms in total. The number of halogens is 1. The van der Waals surface area contributed by atoms with Gasteiger partial charge in [0.1, 0.15) is 5.76 Å². The molecule has 132 valence electrons. The van der Waals surface area contributed by atoms with E-state index in [0.717, 1.165) is 11.5 Å². The van der Waals surface area contributed by atoms with E-state index in [1.54, 1.807) is 18.0 Å². The van der Waals surface area contributed by atoms with Crippen LogP contribution < -0.4 is 18.1 Å². The molecule has 0 aliphatic heterocycles. The highest BCUT2D eigenvalue weighted by Gasteiger charge is 2.16. The largest absolute Gasteiger partial charge is 1.00 e. The summed E-state index contributed by atoms with van der Waals surface area (Å²) in [4.78, 5) is 4.36. The van der Waals surface area contributed by atoms with Gasteiger partial charge in [-0.05, 0) is 53.6 Å². The van der Waals surface area contributed by atoms with Crippen LogP contribution in [0.15, 0.2) is 39.9 Å². The number of furan rings is 1. The molecule has 0 aliphatic carbocycles. The van der Waals surface area contributed by atoms with Crippen molar-refractivity contribution in [2.45, 2.75) is 52.3 Å². The van der Waals surface area contributed by atoms with E-state index in [1.165, 1.54) is 22.3 Å². The van der Waals surface area contributed by atoms with Gasteiger partial charge in [-0.15, -0.1) is 0 Å². The van der Waals surface area contributed by atoms with E-state index in [0.29, 0.717) is 11.7 Å². The lowest BCUT2D eigenvalue weighted by atomic mass is 9.84. The van der Waals surface area contributed by atoms with Crippen molar-refractivity contribution in [2.24, 2.45) is 10.7 Å². The molecule has 0 spiro atoms. The predicted octanol–water partition coefficient (Wildman–Crippen LogP) is 1.95. The lowest BCUT2D eigenvalue weighted by Crippen LogP contribution is -3.00. The Balaban J connectivity index is 0.00000288. The molecule has 1 aromatic carbocycles. The number of hydrogen-bond donors (Lipinski definition) is 1. The van der Waals surface area contributed by atoms with Crippen LogP contribution in [0.2, 0.25) is 0 Å². The molecule has 2 N–H and O–H groups in total. The van der Waals surface area contributed by atoms with Gasteiger partial charge in [-0.1, -0.05) is 44.7 Å². The van der Waals surface area contributed by atoms with E-state index in [-0.39, 0.29) is 17.8 Å². The average Bonchev–Trinajstić information content (AvgIpc) is 2.96. The lowest BCUT2D eigenvalue weighted by molar-refractivity contribution is -0.00000588. The third kappa shape index (κ3) is 5.60. The first-order chi connectivity index (χ1) is 10.8. The topological polar surface area (TPSA) is 51.5 Å². The minimum atomic E-state index is 0. The highest BCUT2D eigenvalue weighted by molar-refractivity contribution is 8.13. The number of aliphatic imine (C=N–C) groups is 1. The fourth-order valence-corrected chi connectivity index (χ4v) is 3.31. The molecule has 0 fully saturated rings. The predicted molar refractivity (Wildman–Crippen MR) is 99.9 cm³/mol. The van der Waals surface area contributed by atoms with Crippen molar-refractivity contribution in [2.75, 3.05) is 0 Å². The highest BCUT2D eigenvalue weighted by Crippen LogP contribution is 2.28. The summed E-state index contributed by atoms with van der Waals surface area (Å²) in [5, 5.41) is 0.597. The first kappa shape index (κ1) is 20.7. The molecular weight excluding hydrogens is 340 g/mol. The maximum absolute atomic E-state index is 6.01. The van der Waals surface area contributed by atoms with E-state index in [9.17, 15) is 0 Å². The Bertz CT molecular complexity index is 665. The molecular formula is C19H26ClN2OS-. The monoisotopic (exact) mass is 365 g/mol. The number of nitrogens with zero attached hydrogens (tertiary/aromatic N) is 1. The molecule has 1 aromatic heterocycles. The van der Waals surface area contributed by atoms with Crippen LogP contribution in [0, 0.1) is 13.8 Å².